The molecule has 0 saturated carbocycles. The number of amides is 3. The van der Waals surface area contributed by atoms with Gasteiger partial charge in [-0.3, -0.25) is 14.4 Å². The van der Waals surface area contributed by atoms with Crippen molar-refractivity contribution in [2.75, 3.05) is 24.3 Å². The van der Waals surface area contributed by atoms with E-state index in [-0.39, 0.29) is 36.1 Å². The maximum absolute atomic E-state index is 13.3. The first-order chi connectivity index (χ1) is 15.8. The SMILES string of the molecule is CCCCN1C(=O)C[C@H](C(=O)Nc2ccc(NC(=O)C(C)C)cc2)[C@H]1c1ccc(OC)cc1. The number of hydrogen-bond acceptors (Lipinski definition) is 4. The molecule has 1 heterocycles. The first-order valence-electron chi connectivity index (χ1n) is 11.5. The number of nitrogens with zero attached hydrogens (tertiary/aromatic N) is 1. The van der Waals surface area contributed by atoms with Crippen molar-refractivity contribution in [2.45, 2.75) is 46.1 Å². The third-order valence-electron chi connectivity index (χ3n) is 5.92. The molecule has 1 saturated heterocycles. The Hall–Kier alpha value is -3.35. The Bertz CT molecular complexity index is 970. The van der Waals surface area contributed by atoms with E-state index in [1.165, 1.54) is 0 Å². The number of rotatable bonds is 9. The zero-order valence-electron chi connectivity index (χ0n) is 19.8. The molecule has 1 aliphatic rings. The maximum Gasteiger partial charge on any atom is 0.230 e. The number of carbonyl (C=O) groups is 3. The number of carbonyl (C=O) groups excluding carboxylic acids is 3. The fraction of sp³-hybridized carbons (Fsp3) is 0.423. The van der Waals surface area contributed by atoms with Crippen LogP contribution >= 0.6 is 0 Å². The molecule has 33 heavy (non-hydrogen) atoms. The molecule has 0 radical (unpaired) electrons. The minimum atomic E-state index is -0.497. The number of likely N-dealkylation sites (tertiary alicyclic amines) is 1. The smallest absolute Gasteiger partial charge is 0.230 e. The molecular formula is C26H33N3O4. The van der Waals surface area contributed by atoms with Gasteiger partial charge in [0.15, 0.2) is 0 Å². The predicted molar refractivity (Wildman–Crippen MR) is 129 cm³/mol. The van der Waals surface area contributed by atoms with Crippen molar-refractivity contribution in [1.29, 1.82) is 0 Å². The van der Waals surface area contributed by atoms with Crippen molar-refractivity contribution in [3.63, 3.8) is 0 Å². The number of benzene rings is 2. The molecule has 2 atom stereocenters. The fourth-order valence-corrected chi connectivity index (χ4v) is 3.99. The number of hydrogen-bond donors (Lipinski definition) is 2. The van der Waals surface area contributed by atoms with E-state index in [0.29, 0.717) is 17.9 Å². The minimum Gasteiger partial charge on any atom is -0.497 e. The highest BCUT2D eigenvalue weighted by molar-refractivity contribution is 5.98. The highest BCUT2D eigenvalue weighted by atomic mass is 16.5. The summed E-state index contributed by atoms with van der Waals surface area (Å²) in [7, 11) is 1.61. The van der Waals surface area contributed by atoms with Crippen LogP contribution in [0.2, 0.25) is 0 Å². The van der Waals surface area contributed by atoms with Gasteiger partial charge in [-0.15, -0.1) is 0 Å². The average Bonchev–Trinajstić information content (AvgIpc) is 3.15. The van der Waals surface area contributed by atoms with Crippen molar-refractivity contribution >= 4 is 29.1 Å². The van der Waals surface area contributed by atoms with Gasteiger partial charge in [0.2, 0.25) is 17.7 Å². The lowest BCUT2D eigenvalue weighted by Gasteiger charge is -2.28. The Morgan fingerprint density at radius 1 is 1.03 bits per heavy atom. The van der Waals surface area contributed by atoms with E-state index in [0.717, 1.165) is 24.2 Å². The molecule has 2 aromatic rings. The van der Waals surface area contributed by atoms with E-state index in [9.17, 15) is 14.4 Å². The van der Waals surface area contributed by atoms with Crippen molar-refractivity contribution in [1.82, 2.24) is 4.90 Å². The quantitative estimate of drug-likeness (QED) is 0.582. The van der Waals surface area contributed by atoms with Crippen molar-refractivity contribution in [2.24, 2.45) is 11.8 Å². The minimum absolute atomic E-state index is 0.00355. The lowest BCUT2D eigenvalue weighted by atomic mass is 9.92. The predicted octanol–water partition coefficient (Wildman–Crippen LogP) is 4.62. The Kier molecular flexibility index (Phi) is 8.09. The number of methoxy groups -OCH3 is 1. The van der Waals surface area contributed by atoms with Crippen LogP contribution in [0.3, 0.4) is 0 Å². The van der Waals surface area contributed by atoms with Gasteiger partial charge in [0, 0.05) is 30.3 Å². The van der Waals surface area contributed by atoms with Gasteiger partial charge in [-0.05, 0) is 48.4 Å². The van der Waals surface area contributed by atoms with E-state index in [4.69, 9.17) is 4.74 Å². The van der Waals surface area contributed by atoms with Crippen molar-refractivity contribution in [3.05, 3.63) is 54.1 Å². The molecule has 0 aliphatic carbocycles. The van der Waals surface area contributed by atoms with Gasteiger partial charge in [-0.1, -0.05) is 39.3 Å². The normalized spacial score (nSPS) is 17.8. The van der Waals surface area contributed by atoms with Gasteiger partial charge in [-0.25, -0.2) is 0 Å². The number of ether oxygens (including phenoxy) is 1. The van der Waals surface area contributed by atoms with Crippen LogP contribution in [0.15, 0.2) is 48.5 Å². The second kappa shape index (κ2) is 11.0. The van der Waals surface area contributed by atoms with Gasteiger partial charge >= 0.3 is 0 Å². The van der Waals surface area contributed by atoms with Gasteiger partial charge in [0.25, 0.3) is 0 Å². The summed E-state index contributed by atoms with van der Waals surface area (Å²) in [4.78, 5) is 39.8. The summed E-state index contributed by atoms with van der Waals surface area (Å²) in [5.74, 6) is -0.143. The monoisotopic (exact) mass is 451 g/mol. The van der Waals surface area contributed by atoms with E-state index in [1.807, 2.05) is 43.0 Å². The van der Waals surface area contributed by atoms with Crippen molar-refractivity contribution in [3.8, 4) is 5.75 Å². The van der Waals surface area contributed by atoms with E-state index < -0.39 is 5.92 Å². The van der Waals surface area contributed by atoms with Gasteiger partial charge in [-0.2, -0.15) is 0 Å². The zero-order valence-corrected chi connectivity index (χ0v) is 19.8. The summed E-state index contributed by atoms with van der Waals surface area (Å²) in [6, 6.07) is 14.3. The zero-order chi connectivity index (χ0) is 24.0. The summed E-state index contributed by atoms with van der Waals surface area (Å²) in [5, 5.41) is 5.78. The van der Waals surface area contributed by atoms with Gasteiger partial charge in [0.1, 0.15) is 5.75 Å². The molecule has 2 aromatic carbocycles. The van der Waals surface area contributed by atoms with Crippen LogP contribution in [0.5, 0.6) is 5.75 Å². The summed E-state index contributed by atoms with van der Waals surface area (Å²) in [6.45, 7) is 6.37. The fourth-order valence-electron chi connectivity index (χ4n) is 3.99. The Labute approximate surface area is 195 Å². The van der Waals surface area contributed by atoms with E-state index >= 15 is 0 Å². The van der Waals surface area contributed by atoms with Crippen LogP contribution in [-0.4, -0.2) is 36.3 Å². The average molecular weight is 452 g/mol. The molecule has 0 spiro atoms. The number of nitrogens with one attached hydrogen (secondary N) is 2. The lowest BCUT2D eigenvalue weighted by Crippen LogP contribution is -2.33. The van der Waals surface area contributed by atoms with E-state index in [2.05, 4.69) is 17.6 Å². The van der Waals surface area contributed by atoms with Crippen LogP contribution in [-0.2, 0) is 14.4 Å². The van der Waals surface area contributed by atoms with Crippen LogP contribution in [0, 0.1) is 11.8 Å². The van der Waals surface area contributed by atoms with Crippen LogP contribution in [0.25, 0.3) is 0 Å². The topological polar surface area (TPSA) is 87.7 Å². The van der Waals surface area contributed by atoms with Crippen molar-refractivity contribution < 1.29 is 19.1 Å². The van der Waals surface area contributed by atoms with E-state index in [1.54, 1.807) is 31.4 Å². The molecule has 0 aromatic heterocycles. The summed E-state index contributed by atoms with van der Waals surface area (Å²) in [6.07, 6.45) is 2.03. The number of anilines is 2. The summed E-state index contributed by atoms with van der Waals surface area (Å²) < 4.78 is 5.26. The Morgan fingerprint density at radius 2 is 1.64 bits per heavy atom. The summed E-state index contributed by atoms with van der Waals surface area (Å²) >= 11 is 0. The molecule has 1 fully saturated rings. The molecule has 7 nitrogen and oxygen atoms in total. The molecular weight excluding hydrogens is 418 g/mol. The maximum atomic E-state index is 13.3. The van der Waals surface area contributed by atoms with Crippen LogP contribution in [0.1, 0.15) is 51.6 Å². The largest absolute Gasteiger partial charge is 0.497 e. The molecule has 7 heteroatoms. The highest BCUT2D eigenvalue weighted by Crippen LogP contribution is 2.39. The van der Waals surface area contributed by atoms with Crippen LogP contribution < -0.4 is 15.4 Å². The Balaban J connectivity index is 1.77. The first-order valence-corrected chi connectivity index (χ1v) is 11.5. The lowest BCUT2D eigenvalue weighted by molar-refractivity contribution is -0.129. The second-order valence-corrected chi connectivity index (χ2v) is 8.68. The molecule has 3 rings (SSSR count). The summed E-state index contributed by atoms with van der Waals surface area (Å²) in [5.41, 5.74) is 2.21. The third-order valence-corrected chi connectivity index (χ3v) is 5.92. The third kappa shape index (κ3) is 5.92. The standard InChI is InChI=1S/C26H33N3O4/c1-5-6-15-29-23(30)16-22(24(29)18-7-13-21(33-4)14-8-18)26(32)28-20-11-9-19(10-12-20)27-25(31)17(2)3/h7-14,17,22,24H,5-6,15-16H2,1-4H3,(H,27,31)(H,28,32)/t22-,24+/m0/s1. The van der Waals surface area contributed by atoms with Crippen LogP contribution in [0.4, 0.5) is 11.4 Å². The molecule has 3 amide bonds. The van der Waals surface area contributed by atoms with Gasteiger partial charge < -0.3 is 20.3 Å². The molecule has 176 valence electrons. The molecule has 2 N–H and O–H groups in total. The number of unbranched alkanes of at least 4 members (excludes halogenated alkanes) is 1. The molecule has 1 aliphatic heterocycles. The second-order valence-electron chi connectivity index (χ2n) is 8.68. The Morgan fingerprint density at radius 3 is 2.18 bits per heavy atom. The highest BCUT2D eigenvalue weighted by Gasteiger charge is 2.44. The van der Waals surface area contributed by atoms with Gasteiger partial charge in [0.05, 0.1) is 19.1 Å². The molecule has 0 bridgehead atoms. The first kappa shape index (κ1) is 24.3. The molecule has 0 unspecified atom stereocenters.